The van der Waals surface area contributed by atoms with Crippen LogP contribution in [-0.2, 0) is 24.4 Å². The van der Waals surface area contributed by atoms with Crippen LogP contribution < -0.4 is 0 Å². The topological polar surface area (TPSA) is 62.5 Å². The lowest BCUT2D eigenvalue weighted by Crippen LogP contribution is -2.08. The molecule has 0 fully saturated rings. The second-order valence-electron chi connectivity index (χ2n) is 4.12. The molecule has 0 atom stereocenters. The Morgan fingerprint density at radius 1 is 1.11 bits per heavy atom. The number of hydrogen-bond donors (Lipinski definition) is 2. The molecule has 1 heterocycles. The van der Waals surface area contributed by atoms with Crippen LogP contribution in [0.4, 0.5) is 0 Å². The van der Waals surface area contributed by atoms with Gasteiger partial charge in [0.05, 0.1) is 13.0 Å². The van der Waals surface area contributed by atoms with Crippen molar-refractivity contribution in [3.8, 4) is 0 Å². The van der Waals surface area contributed by atoms with E-state index in [0.717, 1.165) is 16.8 Å². The first-order chi connectivity index (χ1) is 8.70. The van der Waals surface area contributed by atoms with Crippen molar-refractivity contribution < 1.29 is 15.0 Å². The van der Waals surface area contributed by atoms with Gasteiger partial charge in [-0.15, -0.1) is 0 Å². The summed E-state index contributed by atoms with van der Waals surface area (Å²) in [7, 11) is 0. The number of carboxylic acids is 1. The van der Waals surface area contributed by atoms with E-state index in [2.05, 4.69) is 0 Å². The number of aliphatic hydroxyl groups excluding tert-OH is 1. The van der Waals surface area contributed by atoms with Gasteiger partial charge < -0.3 is 14.8 Å². The highest BCUT2D eigenvalue weighted by atomic mass is 16.4. The quantitative estimate of drug-likeness (QED) is 0.842. The van der Waals surface area contributed by atoms with Crippen LogP contribution >= 0.6 is 0 Å². The number of aliphatic carboxylic acids is 1. The van der Waals surface area contributed by atoms with Gasteiger partial charge in [-0.3, -0.25) is 4.79 Å². The molecule has 94 valence electrons. The number of aliphatic hydroxyl groups is 1. The monoisotopic (exact) mass is 245 g/mol. The molecule has 2 aromatic rings. The van der Waals surface area contributed by atoms with Crippen LogP contribution in [0.15, 0.2) is 42.6 Å². The van der Waals surface area contributed by atoms with Crippen molar-refractivity contribution in [3.63, 3.8) is 0 Å². The molecular weight excluding hydrogens is 230 g/mol. The molecule has 1 aromatic carbocycles. The lowest BCUT2D eigenvalue weighted by molar-refractivity contribution is -0.136. The van der Waals surface area contributed by atoms with Gasteiger partial charge in [-0.2, -0.15) is 0 Å². The van der Waals surface area contributed by atoms with Crippen LogP contribution in [-0.4, -0.2) is 20.7 Å². The number of carbonyl (C=O) groups is 1. The predicted octanol–water partition coefficient (Wildman–Crippen LogP) is 1.66. The van der Waals surface area contributed by atoms with Crippen molar-refractivity contribution in [3.05, 3.63) is 59.4 Å². The van der Waals surface area contributed by atoms with Crippen molar-refractivity contribution in [1.29, 1.82) is 0 Å². The average molecular weight is 245 g/mol. The summed E-state index contributed by atoms with van der Waals surface area (Å²) in [6.45, 7) is 0.556. The molecule has 0 aliphatic rings. The van der Waals surface area contributed by atoms with Crippen molar-refractivity contribution in [2.45, 2.75) is 19.6 Å². The zero-order valence-electron chi connectivity index (χ0n) is 9.91. The van der Waals surface area contributed by atoms with Crippen LogP contribution in [0, 0.1) is 0 Å². The number of rotatable bonds is 5. The predicted molar refractivity (Wildman–Crippen MR) is 67.2 cm³/mol. The third-order valence-corrected chi connectivity index (χ3v) is 2.89. The highest BCUT2D eigenvalue weighted by Crippen LogP contribution is 2.13. The molecule has 4 heteroatoms. The fourth-order valence-electron chi connectivity index (χ4n) is 1.98. The summed E-state index contributed by atoms with van der Waals surface area (Å²) in [5, 5.41) is 18.1. The largest absolute Gasteiger partial charge is 0.481 e. The van der Waals surface area contributed by atoms with Crippen LogP contribution in [0.5, 0.6) is 0 Å². The Balaban J connectivity index is 2.26. The fraction of sp³-hybridized carbons (Fsp3) is 0.214. The van der Waals surface area contributed by atoms with Gasteiger partial charge in [0.25, 0.3) is 0 Å². The summed E-state index contributed by atoms with van der Waals surface area (Å²) in [5.74, 6) is -0.836. The van der Waals surface area contributed by atoms with Crippen molar-refractivity contribution in [2.75, 3.05) is 0 Å². The summed E-state index contributed by atoms with van der Waals surface area (Å²) in [6.07, 6.45) is 1.90. The number of aromatic nitrogens is 1. The van der Waals surface area contributed by atoms with Crippen molar-refractivity contribution in [2.24, 2.45) is 0 Å². The van der Waals surface area contributed by atoms with Crippen LogP contribution in [0.3, 0.4) is 0 Å². The number of benzene rings is 1. The van der Waals surface area contributed by atoms with E-state index in [9.17, 15) is 9.90 Å². The van der Waals surface area contributed by atoms with E-state index in [1.165, 1.54) is 0 Å². The minimum atomic E-state index is -0.836. The molecule has 0 aliphatic carbocycles. The van der Waals surface area contributed by atoms with Gasteiger partial charge in [0.1, 0.15) is 0 Å². The van der Waals surface area contributed by atoms with Gasteiger partial charge in [-0.25, -0.2) is 0 Å². The van der Waals surface area contributed by atoms with Crippen molar-refractivity contribution >= 4 is 5.97 Å². The number of nitrogens with zero attached hydrogens (tertiary/aromatic N) is 1. The molecule has 0 spiro atoms. The lowest BCUT2D eigenvalue weighted by Gasteiger charge is -2.11. The maximum Gasteiger partial charge on any atom is 0.307 e. The molecule has 0 saturated heterocycles. The zero-order valence-corrected chi connectivity index (χ0v) is 9.91. The number of carboxylic acid groups (broad SMARTS) is 1. The first kappa shape index (κ1) is 12.4. The van der Waals surface area contributed by atoms with E-state index >= 15 is 0 Å². The standard InChI is InChI=1S/C14H15NO3/c16-10-13-6-3-7-15(13)9-12-5-2-1-4-11(12)8-14(17)18/h1-7,16H,8-10H2,(H,17,18). The summed E-state index contributed by atoms with van der Waals surface area (Å²) >= 11 is 0. The van der Waals surface area contributed by atoms with Gasteiger partial charge >= 0.3 is 5.97 Å². The smallest absolute Gasteiger partial charge is 0.307 e. The molecule has 2 rings (SSSR count). The van der Waals surface area contributed by atoms with Gasteiger partial charge in [-0.1, -0.05) is 24.3 Å². The van der Waals surface area contributed by atoms with E-state index in [4.69, 9.17) is 5.11 Å². The Morgan fingerprint density at radius 3 is 2.50 bits per heavy atom. The van der Waals surface area contributed by atoms with E-state index in [0.29, 0.717) is 6.54 Å². The number of hydrogen-bond acceptors (Lipinski definition) is 2. The summed E-state index contributed by atoms with van der Waals surface area (Å²) in [5.41, 5.74) is 2.59. The summed E-state index contributed by atoms with van der Waals surface area (Å²) in [6, 6.07) is 11.2. The molecule has 4 nitrogen and oxygen atoms in total. The molecule has 0 saturated carbocycles. The minimum Gasteiger partial charge on any atom is -0.481 e. The van der Waals surface area contributed by atoms with Crippen LogP contribution in [0.25, 0.3) is 0 Å². The van der Waals surface area contributed by atoms with Gasteiger partial charge in [0.15, 0.2) is 0 Å². The highest BCUT2D eigenvalue weighted by molar-refractivity contribution is 5.70. The second-order valence-corrected chi connectivity index (χ2v) is 4.12. The first-order valence-electron chi connectivity index (χ1n) is 5.74. The summed E-state index contributed by atoms with van der Waals surface area (Å²) < 4.78 is 1.92. The molecule has 1 aromatic heterocycles. The average Bonchev–Trinajstić information content (AvgIpc) is 2.78. The molecule has 18 heavy (non-hydrogen) atoms. The zero-order chi connectivity index (χ0) is 13.0. The van der Waals surface area contributed by atoms with Crippen LogP contribution in [0.2, 0.25) is 0 Å². The minimum absolute atomic E-state index is 0.0197. The Hall–Kier alpha value is -2.07. The third kappa shape index (κ3) is 2.78. The first-order valence-corrected chi connectivity index (χ1v) is 5.74. The van der Waals surface area contributed by atoms with E-state index in [-0.39, 0.29) is 13.0 Å². The van der Waals surface area contributed by atoms with E-state index < -0.39 is 5.97 Å². The van der Waals surface area contributed by atoms with E-state index in [1.807, 2.05) is 47.2 Å². The molecule has 0 bridgehead atoms. The molecule has 2 N–H and O–H groups in total. The van der Waals surface area contributed by atoms with Crippen LogP contribution in [0.1, 0.15) is 16.8 Å². The van der Waals surface area contributed by atoms with Crippen molar-refractivity contribution in [1.82, 2.24) is 4.57 Å². The Kier molecular flexibility index (Phi) is 3.79. The maximum absolute atomic E-state index is 10.8. The van der Waals surface area contributed by atoms with Gasteiger partial charge in [0.2, 0.25) is 0 Å². The SMILES string of the molecule is O=C(O)Cc1ccccc1Cn1cccc1CO. The molecular formula is C14H15NO3. The third-order valence-electron chi connectivity index (χ3n) is 2.89. The molecule has 0 amide bonds. The highest BCUT2D eigenvalue weighted by Gasteiger charge is 2.08. The molecule has 0 radical (unpaired) electrons. The van der Waals surface area contributed by atoms with Gasteiger partial charge in [-0.05, 0) is 23.3 Å². The Morgan fingerprint density at radius 2 is 1.83 bits per heavy atom. The maximum atomic E-state index is 10.8. The fourth-order valence-corrected chi connectivity index (χ4v) is 1.98. The molecule has 0 unspecified atom stereocenters. The summed E-state index contributed by atoms with van der Waals surface area (Å²) in [4.78, 5) is 10.8. The molecule has 0 aliphatic heterocycles. The normalized spacial score (nSPS) is 10.5. The lowest BCUT2D eigenvalue weighted by atomic mass is 10.0. The second kappa shape index (κ2) is 5.51. The van der Waals surface area contributed by atoms with Gasteiger partial charge in [0, 0.05) is 18.4 Å². The van der Waals surface area contributed by atoms with E-state index in [1.54, 1.807) is 0 Å². The Labute approximate surface area is 105 Å². The Bertz CT molecular complexity index is 545.